The van der Waals surface area contributed by atoms with E-state index in [0.717, 1.165) is 48.2 Å². The first-order valence-electron chi connectivity index (χ1n) is 17.8. The van der Waals surface area contributed by atoms with Gasteiger partial charge in [-0.05, 0) is 60.3 Å². The van der Waals surface area contributed by atoms with E-state index in [9.17, 15) is 13.5 Å². The summed E-state index contributed by atoms with van der Waals surface area (Å²) < 4.78 is 35.4. The Kier molecular flexibility index (Phi) is 10.4. The van der Waals surface area contributed by atoms with Gasteiger partial charge in [0.1, 0.15) is 18.9 Å². The molecular formula is C39H54N3O4S+. The first-order valence-corrected chi connectivity index (χ1v) is 19.4. The molecule has 2 N–H and O–H groups in total. The van der Waals surface area contributed by atoms with E-state index in [-0.39, 0.29) is 5.75 Å². The van der Waals surface area contributed by atoms with Gasteiger partial charge < -0.3 is 19.6 Å². The monoisotopic (exact) mass is 660 g/mol. The minimum atomic E-state index is -3.61. The van der Waals surface area contributed by atoms with Crippen molar-refractivity contribution in [3.63, 3.8) is 0 Å². The van der Waals surface area contributed by atoms with Crippen molar-refractivity contribution in [2.24, 2.45) is 5.41 Å². The summed E-state index contributed by atoms with van der Waals surface area (Å²) in [5.41, 5.74) is 4.41. The van der Waals surface area contributed by atoms with Crippen LogP contribution >= 0.6 is 0 Å². The molecule has 4 aliphatic rings. The molecule has 3 saturated heterocycles. The van der Waals surface area contributed by atoms with E-state index >= 15 is 0 Å². The Labute approximate surface area is 282 Å². The molecule has 47 heavy (non-hydrogen) atoms. The highest BCUT2D eigenvalue weighted by molar-refractivity contribution is 7.91. The lowest BCUT2D eigenvalue weighted by Crippen LogP contribution is -2.66. The number of aliphatic hydroxyl groups is 1. The van der Waals surface area contributed by atoms with Gasteiger partial charge in [-0.3, -0.25) is 4.90 Å². The Morgan fingerprint density at radius 1 is 0.915 bits per heavy atom. The van der Waals surface area contributed by atoms with Gasteiger partial charge in [0.15, 0.2) is 9.84 Å². The van der Waals surface area contributed by atoms with Crippen LogP contribution in [0.4, 0.5) is 0 Å². The molecule has 3 fully saturated rings. The third-order valence-corrected chi connectivity index (χ3v) is 13.4. The molecule has 3 atom stereocenters. The fourth-order valence-corrected chi connectivity index (χ4v) is 10.6. The molecule has 0 radical (unpaired) electrons. The summed E-state index contributed by atoms with van der Waals surface area (Å²) in [4.78, 5) is 2.94. The smallest absolute Gasteiger partial charge is 0.179 e. The predicted octanol–water partition coefficient (Wildman–Crippen LogP) is 5.89. The van der Waals surface area contributed by atoms with Crippen molar-refractivity contribution in [1.82, 2.24) is 10.2 Å². The normalized spacial score (nSPS) is 28.0. The largest absolute Gasteiger partial charge is 0.489 e. The zero-order chi connectivity index (χ0) is 33.1. The fraction of sp³-hybridized carbons (Fsp3) is 0.538. The molecule has 0 aromatic heterocycles. The maximum Gasteiger partial charge on any atom is 0.179 e. The number of piperazine rings is 3. The van der Waals surface area contributed by atoms with Crippen LogP contribution in [0.3, 0.4) is 0 Å². The van der Waals surface area contributed by atoms with Gasteiger partial charge in [0, 0.05) is 43.1 Å². The van der Waals surface area contributed by atoms with Crippen LogP contribution in [0.5, 0.6) is 5.75 Å². The lowest BCUT2D eigenvalue weighted by atomic mass is 9.69. The molecule has 3 aromatic carbocycles. The second-order valence-corrected chi connectivity index (χ2v) is 16.4. The summed E-state index contributed by atoms with van der Waals surface area (Å²) in [6, 6.07) is 22.5. The highest BCUT2D eigenvalue weighted by Gasteiger charge is 2.49. The Bertz CT molecular complexity index is 1590. The van der Waals surface area contributed by atoms with Crippen molar-refractivity contribution in [1.29, 1.82) is 0 Å². The van der Waals surface area contributed by atoms with Crippen LogP contribution in [0.2, 0.25) is 0 Å². The number of nitrogens with one attached hydrogen (secondary N) is 1. The van der Waals surface area contributed by atoms with Gasteiger partial charge in [0.05, 0.1) is 36.4 Å². The zero-order valence-electron chi connectivity index (χ0n) is 28.6. The third-order valence-electron chi connectivity index (χ3n) is 11.4. The minimum absolute atomic E-state index is 0.0329. The summed E-state index contributed by atoms with van der Waals surface area (Å²) in [6.45, 7) is 13.9. The first-order chi connectivity index (χ1) is 22.7. The summed E-state index contributed by atoms with van der Waals surface area (Å²) in [6.07, 6.45) is 3.41. The van der Waals surface area contributed by atoms with Crippen LogP contribution < -0.4 is 10.1 Å². The maximum atomic E-state index is 14.0. The number of fused-ring (bicyclic) bond motifs is 4. The van der Waals surface area contributed by atoms with Gasteiger partial charge in [-0.25, -0.2) is 8.42 Å². The van der Waals surface area contributed by atoms with Crippen LogP contribution in [0, 0.1) is 5.41 Å². The van der Waals surface area contributed by atoms with Crippen LogP contribution in [-0.4, -0.2) is 81.1 Å². The molecule has 0 amide bonds. The van der Waals surface area contributed by atoms with Crippen molar-refractivity contribution >= 4 is 9.84 Å². The van der Waals surface area contributed by atoms with Crippen molar-refractivity contribution in [2.45, 2.75) is 82.6 Å². The molecule has 7 nitrogen and oxygen atoms in total. The van der Waals surface area contributed by atoms with Crippen LogP contribution in [0.25, 0.3) is 0 Å². The van der Waals surface area contributed by atoms with Crippen molar-refractivity contribution < 1.29 is 22.7 Å². The third kappa shape index (κ3) is 7.32. The van der Waals surface area contributed by atoms with Gasteiger partial charge in [0.2, 0.25) is 0 Å². The number of hydrogen-bond donors (Lipinski definition) is 2. The molecule has 8 heteroatoms. The SMILES string of the molecule is CCCCCC1(CC)CS(=O)(=O)c2ccc(CNC)cc2[C@@H](c2ccc(OCc3ccc(C[N+]45CCN(CC4)CC5)cc3)cc2)[C@H]1O. The molecule has 0 spiro atoms. The van der Waals surface area contributed by atoms with Gasteiger partial charge in [-0.15, -0.1) is 0 Å². The maximum absolute atomic E-state index is 14.0. The molecule has 1 unspecified atom stereocenters. The van der Waals surface area contributed by atoms with Crippen molar-refractivity contribution in [2.75, 3.05) is 52.1 Å². The number of quaternary nitrogens is 1. The second kappa shape index (κ2) is 14.4. The summed E-state index contributed by atoms with van der Waals surface area (Å²) in [5, 5.41) is 15.5. The highest BCUT2D eigenvalue weighted by atomic mass is 32.2. The first kappa shape index (κ1) is 34.1. The second-order valence-electron chi connectivity index (χ2n) is 14.4. The predicted molar refractivity (Wildman–Crippen MR) is 188 cm³/mol. The van der Waals surface area contributed by atoms with E-state index in [4.69, 9.17) is 4.74 Å². The van der Waals surface area contributed by atoms with E-state index in [1.165, 1.54) is 49.3 Å². The number of unbranched alkanes of at least 4 members (excludes halogenated alkanes) is 2. The Morgan fingerprint density at radius 2 is 1.57 bits per heavy atom. The number of ether oxygens (including phenoxy) is 1. The summed E-state index contributed by atoms with van der Waals surface area (Å²) in [7, 11) is -1.73. The molecule has 2 bridgehead atoms. The molecule has 0 saturated carbocycles. The molecule has 3 aromatic rings. The van der Waals surface area contributed by atoms with Gasteiger partial charge in [-0.2, -0.15) is 0 Å². The number of rotatable bonds is 13. The number of hydrogen-bond acceptors (Lipinski definition) is 6. The molecule has 7 rings (SSSR count). The van der Waals surface area contributed by atoms with Crippen LogP contribution in [-0.2, 0) is 29.5 Å². The molecule has 0 aliphatic carbocycles. The average molecular weight is 661 g/mol. The molecule has 254 valence electrons. The molecule has 4 aliphatic heterocycles. The van der Waals surface area contributed by atoms with Gasteiger partial charge in [0.25, 0.3) is 0 Å². The Morgan fingerprint density at radius 3 is 2.21 bits per heavy atom. The fourth-order valence-electron chi connectivity index (χ4n) is 8.34. The van der Waals surface area contributed by atoms with E-state index in [0.29, 0.717) is 36.5 Å². The van der Waals surface area contributed by atoms with E-state index < -0.39 is 27.3 Å². The van der Waals surface area contributed by atoms with Crippen LogP contribution in [0.1, 0.15) is 79.7 Å². The topological polar surface area (TPSA) is 78.9 Å². The highest BCUT2D eigenvalue weighted by Crippen LogP contribution is 2.49. The molecular weight excluding hydrogens is 607 g/mol. The average Bonchev–Trinajstić information content (AvgIpc) is 3.15. The van der Waals surface area contributed by atoms with Crippen molar-refractivity contribution in [3.8, 4) is 5.75 Å². The van der Waals surface area contributed by atoms with Gasteiger partial charge in [-0.1, -0.05) is 81.6 Å². The Balaban J connectivity index is 1.22. The zero-order valence-corrected chi connectivity index (χ0v) is 29.4. The summed E-state index contributed by atoms with van der Waals surface area (Å²) in [5.74, 6) is 0.262. The van der Waals surface area contributed by atoms with E-state index in [2.05, 4.69) is 41.4 Å². The number of nitrogens with zero attached hydrogens (tertiary/aromatic N) is 2. The Hall–Kier alpha value is -2.75. The number of aliphatic hydroxyl groups excluding tert-OH is 1. The van der Waals surface area contributed by atoms with E-state index in [1.807, 2.05) is 50.4 Å². The molecule has 4 heterocycles. The van der Waals surface area contributed by atoms with Gasteiger partial charge >= 0.3 is 0 Å². The minimum Gasteiger partial charge on any atom is -0.489 e. The standard InChI is InChI=1S/C39H54N3O4S/c1-4-6-7-18-39(5-2)29-47(44,45)36-17-12-32(26-40-3)25-35(36)37(38(39)43)33-13-15-34(16-14-33)46-28-31-10-8-30(9-11-31)27-42-22-19-41(20-23-42)21-24-42/h8-17,25,37-38,40,43H,4-7,18-24,26-29H2,1-3H3/q+1/t37-,38-,39?/m1/s1. The lowest BCUT2D eigenvalue weighted by Gasteiger charge is -2.50. The quantitative estimate of drug-likeness (QED) is 0.176. The van der Waals surface area contributed by atoms with Crippen molar-refractivity contribution in [3.05, 3.63) is 94.5 Å². The number of benzene rings is 3. The van der Waals surface area contributed by atoms with E-state index in [1.54, 1.807) is 6.07 Å². The lowest BCUT2D eigenvalue weighted by molar-refractivity contribution is -0.953. The van der Waals surface area contributed by atoms with Crippen LogP contribution in [0.15, 0.2) is 71.6 Å². The number of sulfone groups is 1. The summed E-state index contributed by atoms with van der Waals surface area (Å²) >= 11 is 0.